The molecular weight excluding hydrogens is 250 g/mol. The summed E-state index contributed by atoms with van der Waals surface area (Å²) in [6, 6.07) is 0.406. The minimum absolute atomic E-state index is 0.00655. The van der Waals surface area contributed by atoms with Crippen molar-refractivity contribution in [2.75, 3.05) is 13.1 Å². The lowest BCUT2D eigenvalue weighted by atomic mass is 9.78. The second-order valence-corrected chi connectivity index (χ2v) is 7.54. The van der Waals surface area contributed by atoms with Crippen LogP contribution in [0, 0.1) is 11.8 Å². The van der Waals surface area contributed by atoms with Gasteiger partial charge in [-0.3, -0.25) is 4.90 Å². The monoisotopic (exact) mass is 277 g/mol. The summed E-state index contributed by atoms with van der Waals surface area (Å²) in [6.07, 6.45) is 5.94. The molecule has 5 nitrogen and oxygen atoms in total. The van der Waals surface area contributed by atoms with Gasteiger partial charge in [0.25, 0.3) is 0 Å². The van der Waals surface area contributed by atoms with E-state index in [1.165, 1.54) is 25.8 Å². The Morgan fingerprint density at radius 2 is 2.10 bits per heavy atom. The van der Waals surface area contributed by atoms with Gasteiger partial charge in [0.15, 0.2) is 0 Å². The number of hydrogen-bond donors (Lipinski definition) is 1. The van der Waals surface area contributed by atoms with Gasteiger partial charge in [-0.25, -0.2) is 4.68 Å². The van der Waals surface area contributed by atoms with E-state index in [0.29, 0.717) is 12.0 Å². The second-order valence-electron chi connectivity index (χ2n) is 7.54. The standard InChI is InChI=1S/C15H27N5/c1-15(2,3)20-9-12(17-18-20)8-19-7-11-5-4-6-14(16)13(11)10-19/h9,11,13-14H,4-8,10,16H2,1-3H3. The first-order chi connectivity index (χ1) is 9.43. The summed E-state index contributed by atoms with van der Waals surface area (Å²) in [5.74, 6) is 1.50. The van der Waals surface area contributed by atoms with Crippen LogP contribution in [0.1, 0.15) is 45.7 Å². The quantitative estimate of drug-likeness (QED) is 0.892. The minimum atomic E-state index is 0.00655. The Hall–Kier alpha value is -0.940. The summed E-state index contributed by atoms with van der Waals surface area (Å²) < 4.78 is 1.96. The van der Waals surface area contributed by atoms with Crippen LogP contribution in [0.15, 0.2) is 6.20 Å². The fourth-order valence-electron chi connectivity index (χ4n) is 3.67. The fourth-order valence-corrected chi connectivity index (χ4v) is 3.67. The summed E-state index contributed by atoms with van der Waals surface area (Å²) in [7, 11) is 0. The molecule has 1 aromatic heterocycles. The maximum Gasteiger partial charge on any atom is 0.0967 e. The zero-order valence-electron chi connectivity index (χ0n) is 12.9. The van der Waals surface area contributed by atoms with Gasteiger partial charge in [0.1, 0.15) is 0 Å². The molecule has 2 N–H and O–H groups in total. The molecule has 0 amide bonds. The third-order valence-electron chi connectivity index (χ3n) is 4.84. The molecule has 3 rings (SSSR count). The van der Waals surface area contributed by atoms with Crippen LogP contribution in [0.3, 0.4) is 0 Å². The van der Waals surface area contributed by atoms with E-state index < -0.39 is 0 Å². The normalized spacial score (nSPS) is 31.5. The number of likely N-dealkylation sites (tertiary alicyclic amines) is 1. The Kier molecular flexibility index (Phi) is 3.58. The van der Waals surface area contributed by atoms with E-state index in [9.17, 15) is 0 Å². The highest BCUT2D eigenvalue weighted by atomic mass is 15.4. The smallest absolute Gasteiger partial charge is 0.0967 e. The molecule has 1 aromatic rings. The van der Waals surface area contributed by atoms with E-state index in [1.807, 2.05) is 4.68 Å². The van der Waals surface area contributed by atoms with Gasteiger partial charge in [-0.05, 0) is 45.4 Å². The molecule has 5 heteroatoms. The van der Waals surface area contributed by atoms with Crippen molar-refractivity contribution < 1.29 is 0 Å². The van der Waals surface area contributed by atoms with E-state index in [1.54, 1.807) is 0 Å². The molecule has 0 spiro atoms. The van der Waals surface area contributed by atoms with Gasteiger partial charge < -0.3 is 5.73 Å². The molecule has 2 heterocycles. The predicted octanol–water partition coefficient (Wildman–Crippen LogP) is 1.59. The van der Waals surface area contributed by atoms with Gasteiger partial charge in [-0.2, -0.15) is 0 Å². The van der Waals surface area contributed by atoms with Gasteiger partial charge in [0.05, 0.1) is 17.4 Å². The number of fused-ring (bicyclic) bond motifs is 1. The molecule has 2 aliphatic rings. The number of hydrogen-bond acceptors (Lipinski definition) is 4. The van der Waals surface area contributed by atoms with E-state index >= 15 is 0 Å². The van der Waals surface area contributed by atoms with Gasteiger partial charge in [-0.15, -0.1) is 5.10 Å². The number of nitrogens with two attached hydrogens (primary N) is 1. The van der Waals surface area contributed by atoms with Crippen molar-refractivity contribution in [3.05, 3.63) is 11.9 Å². The topological polar surface area (TPSA) is 60.0 Å². The van der Waals surface area contributed by atoms with Crippen LogP contribution in [0.2, 0.25) is 0 Å². The Balaban J connectivity index is 1.63. The van der Waals surface area contributed by atoms with Crippen LogP contribution in [0.4, 0.5) is 0 Å². The van der Waals surface area contributed by atoms with Crippen LogP contribution < -0.4 is 5.73 Å². The molecule has 0 bridgehead atoms. The first-order valence-electron chi connectivity index (χ1n) is 7.83. The molecule has 1 saturated carbocycles. The van der Waals surface area contributed by atoms with Crippen LogP contribution in [-0.4, -0.2) is 39.0 Å². The Labute approximate surface area is 121 Å². The summed E-state index contributed by atoms with van der Waals surface area (Å²) in [5.41, 5.74) is 7.36. The summed E-state index contributed by atoms with van der Waals surface area (Å²) in [5, 5.41) is 8.57. The fraction of sp³-hybridized carbons (Fsp3) is 0.867. The maximum absolute atomic E-state index is 6.28. The Morgan fingerprint density at radius 1 is 1.30 bits per heavy atom. The van der Waals surface area contributed by atoms with Gasteiger partial charge >= 0.3 is 0 Å². The first-order valence-corrected chi connectivity index (χ1v) is 7.83. The molecule has 3 unspecified atom stereocenters. The second kappa shape index (κ2) is 5.11. The van der Waals surface area contributed by atoms with E-state index in [2.05, 4.69) is 42.2 Å². The highest BCUT2D eigenvalue weighted by molar-refractivity contribution is 4.99. The first kappa shape index (κ1) is 14.0. The van der Waals surface area contributed by atoms with Gasteiger partial charge in [0.2, 0.25) is 0 Å². The lowest BCUT2D eigenvalue weighted by Crippen LogP contribution is -2.38. The molecule has 2 fully saturated rings. The molecule has 112 valence electrons. The van der Waals surface area contributed by atoms with Crippen molar-refractivity contribution in [3.8, 4) is 0 Å². The van der Waals surface area contributed by atoms with Crippen molar-refractivity contribution in [1.82, 2.24) is 19.9 Å². The third-order valence-corrected chi connectivity index (χ3v) is 4.84. The third kappa shape index (κ3) is 2.74. The van der Waals surface area contributed by atoms with Crippen LogP contribution in [0.5, 0.6) is 0 Å². The van der Waals surface area contributed by atoms with Crippen molar-refractivity contribution in [2.24, 2.45) is 17.6 Å². The van der Waals surface area contributed by atoms with Crippen molar-refractivity contribution in [1.29, 1.82) is 0 Å². The maximum atomic E-state index is 6.28. The van der Waals surface area contributed by atoms with Crippen molar-refractivity contribution in [3.63, 3.8) is 0 Å². The number of aromatic nitrogens is 3. The van der Waals surface area contributed by atoms with Crippen LogP contribution >= 0.6 is 0 Å². The molecule has 1 aliphatic heterocycles. The Morgan fingerprint density at radius 3 is 2.75 bits per heavy atom. The molecule has 0 radical (unpaired) electrons. The van der Waals surface area contributed by atoms with Crippen LogP contribution in [0.25, 0.3) is 0 Å². The lowest BCUT2D eigenvalue weighted by Gasteiger charge is -2.29. The van der Waals surface area contributed by atoms with E-state index in [-0.39, 0.29) is 5.54 Å². The molecule has 0 aromatic carbocycles. The molecule has 3 atom stereocenters. The summed E-state index contributed by atoms with van der Waals surface area (Å²) in [6.45, 7) is 9.67. The largest absolute Gasteiger partial charge is 0.327 e. The highest BCUT2D eigenvalue weighted by Crippen LogP contribution is 2.35. The lowest BCUT2D eigenvalue weighted by molar-refractivity contribution is 0.259. The number of nitrogens with zero attached hydrogens (tertiary/aromatic N) is 4. The van der Waals surface area contributed by atoms with Gasteiger partial charge in [-0.1, -0.05) is 11.6 Å². The summed E-state index contributed by atoms with van der Waals surface area (Å²) >= 11 is 0. The average molecular weight is 277 g/mol. The van der Waals surface area contributed by atoms with E-state index in [0.717, 1.165) is 24.7 Å². The van der Waals surface area contributed by atoms with Crippen molar-refractivity contribution >= 4 is 0 Å². The SMILES string of the molecule is CC(C)(C)n1cc(CN2CC3CCCC(N)C3C2)nn1. The molecule has 1 aliphatic carbocycles. The van der Waals surface area contributed by atoms with Crippen molar-refractivity contribution in [2.45, 2.75) is 58.2 Å². The zero-order chi connectivity index (χ0) is 14.3. The highest BCUT2D eigenvalue weighted by Gasteiger charge is 2.38. The zero-order valence-corrected chi connectivity index (χ0v) is 12.9. The average Bonchev–Trinajstić information content (AvgIpc) is 2.96. The minimum Gasteiger partial charge on any atom is -0.327 e. The number of rotatable bonds is 2. The van der Waals surface area contributed by atoms with Gasteiger partial charge in [0, 0.05) is 25.7 Å². The molecular formula is C15H27N5. The molecule has 20 heavy (non-hydrogen) atoms. The summed E-state index contributed by atoms with van der Waals surface area (Å²) in [4.78, 5) is 2.51. The molecule has 1 saturated heterocycles. The predicted molar refractivity (Wildman–Crippen MR) is 79.1 cm³/mol. The Bertz CT molecular complexity index is 461. The van der Waals surface area contributed by atoms with E-state index in [4.69, 9.17) is 5.73 Å². The van der Waals surface area contributed by atoms with Crippen LogP contribution in [-0.2, 0) is 12.1 Å².